The summed E-state index contributed by atoms with van der Waals surface area (Å²) < 4.78 is 116. The van der Waals surface area contributed by atoms with Crippen LogP contribution in [-0.2, 0) is 20.2 Å². The van der Waals surface area contributed by atoms with Crippen LogP contribution in [0.5, 0.6) is 0 Å². The van der Waals surface area contributed by atoms with Gasteiger partial charge in [-0.05, 0) is 67.9 Å². The molecule has 3 N–H and O–H groups in total. The molecule has 0 fully saturated rings. The highest BCUT2D eigenvalue weighted by Crippen LogP contribution is 2.21. The first kappa shape index (κ1) is 54.9. The molecule has 0 aromatic carbocycles. The molecule has 11 nitrogen and oxygen atoms in total. The van der Waals surface area contributed by atoms with Gasteiger partial charge < -0.3 is 10.0 Å². The Morgan fingerprint density at radius 1 is 0.667 bits per heavy atom. The number of hydrogen-bond acceptors (Lipinski definition) is 11. The zero-order valence-electron chi connectivity index (χ0n) is 22.2. The Morgan fingerprint density at radius 2 is 0.821 bits per heavy atom. The van der Waals surface area contributed by atoms with Gasteiger partial charge in [-0.2, -0.15) is 34.8 Å². The second-order valence-corrected chi connectivity index (χ2v) is 12.7. The fourth-order valence-electron chi connectivity index (χ4n) is 1.82. The van der Waals surface area contributed by atoms with Crippen LogP contribution in [0.4, 0.5) is 26.3 Å². The fourth-order valence-corrected chi connectivity index (χ4v) is 3.61. The molecule has 0 aromatic rings. The monoisotopic (exact) mass is 673 g/mol. The van der Waals surface area contributed by atoms with E-state index in [4.69, 9.17) is 25.9 Å². The smallest absolute Gasteiger partial charge is 0.522 e. The zero-order chi connectivity index (χ0) is 30.3. The van der Waals surface area contributed by atoms with Crippen LogP contribution < -0.4 is 0 Å². The lowest BCUT2D eigenvalue weighted by Gasteiger charge is -2.29. The van der Waals surface area contributed by atoms with E-state index in [9.17, 15) is 26.3 Å². The summed E-state index contributed by atoms with van der Waals surface area (Å²) >= 11 is 3.89. The van der Waals surface area contributed by atoms with Crippen LogP contribution in [0.2, 0.25) is 0 Å². The molecule has 0 radical (unpaired) electrons. The fraction of sp³-hybridized carbons (Fsp3) is 1.00. The first-order valence-corrected chi connectivity index (χ1v) is 14.6. The topological polar surface area (TPSA) is 156 Å². The summed E-state index contributed by atoms with van der Waals surface area (Å²) in [7, 11) is 4.91. The Bertz CT molecular complexity index is 689. The minimum atomic E-state index is -6.09. The van der Waals surface area contributed by atoms with E-state index < -0.39 is 31.3 Å². The lowest BCUT2D eigenvalue weighted by molar-refractivity contribution is -0.0519. The number of halogens is 6. The molecule has 0 spiro atoms. The van der Waals surface area contributed by atoms with Crippen LogP contribution in [0.25, 0.3) is 0 Å². The van der Waals surface area contributed by atoms with Crippen LogP contribution in [-0.4, -0.2) is 141 Å². The number of rotatable bonds is 8. The van der Waals surface area contributed by atoms with Crippen molar-refractivity contribution in [3.63, 3.8) is 0 Å². The van der Waals surface area contributed by atoms with E-state index in [1.54, 1.807) is 0 Å². The molecule has 0 saturated heterocycles. The van der Waals surface area contributed by atoms with Gasteiger partial charge in [0.1, 0.15) is 11.0 Å². The molecule has 39 heavy (non-hydrogen) atoms. The van der Waals surface area contributed by atoms with Crippen LogP contribution in [0.15, 0.2) is 0 Å². The maximum Gasteiger partial charge on any atom is 0.522 e. The molecule has 0 rings (SSSR count). The quantitative estimate of drug-likeness (QED) is 0.174. The number of hydrogen-bond donors (Lipinski definition) is 1. The number of alkyl halides is 6. The minimum Gasteiger partial charge on any atom is -0.741 e. The summed E-state index contributed by atoms with van der Waals surface area (Å²) in [6.07, 6.45) is 0. The lowest BCUT2D eigenvalue weighted by Crippen LogP contribution is -2.37. The second-order valence-electron chi connectivity index (χ2n) is 7.24. The number of nitrogens with zero attached hydrogens (tertiary/aromatic N) is 4. The summed E-state index contributed by atoms with van der Waals surface area (Å²) in [5, 5.41) is 0. The van der Waals surface area contributed by atoms with Gasteiger partial charge in [-0.25, -0.2) is 8.42 Å². The van der Waals surface area contributed by atoms with Crippen molar-refractivity contribution >= 4 is 43.8 Å². The summed E-state index contributed by atoms with van der Waals surface area (Å²) in [5.74, 6) is 2.34. The van der Waals surface area contributed by atoms with Gasteiger partial charge in [-0.15, -0.1) is 23.5 Å². The summed E-state index contributed by atoms with van der Waals surface area (Å²) in [6.45, 7) is 4.37. The van der Waals surface area contributed by atoms with Crippen molar-refractivity contribution < 1.29 is 57.8 Å². The van der Waals surface area contributed by atoms with Gasteiger partial charge in [0.05, 0.1) is 0 Å². The molecule has 0 aromatic heterocycles. The highest BCUT2D eigenvalue weighted by molar-refractivity contribution is 7.99. The Hall–Kier alpha value is -0.100. The van der Waals surface area contributed by atoms with E-state index in [1.807, 2.05) is 23.5 Å². The Kier molecular flexibility index (Phi) is 34.5. The molecule has 0 heterocycles. The largest absolute Gasteiger partial charge is 0.741 e. The van der Waals surface area contributed by atoms with Crippen molar-refractivity contribution in [1.29, 1.82) is 0 Å². The molecule has 0 bridgehead atoms. The molecule has 0 aliphatic rings. The first-order valence-electron chi connectivity index (χ1n) is 9.63. The average Bonchev–Trinajstić information content (AvgIpc) is 2.61. The van der Waals surface area contributed by atoms with Gasteiger partial charge in [0.25, 0.3) is 0 Å². The molecule has 0 unspecified atom stereocenters. The van der Waals surface area contributed by atoms with Crippen molar-refractivity contribution in [3.8, 4) is 0 Å². The molecule has 21 heteroatoms. The maximum atomic E-state index is 10.7. The van der Waals surface area contributed by atoms with Gasteiger partial charge in [0, 0.05) is 0 Å². The molecular weight excluding hydrogens is 626 g/mol. The molecule has 248 valence electrons. The molecule has 0 amide bonds. The Balaban J connectivity index is -0.0000000686. The van der Waals surface area contributed by atoms with Gasteiger partial charge in [0.15, 0.2) is 10.1 Å². The van der Waals surface area contributed by atoms with Crippen LogP contribution in [0, 0.1) is 0 Å². The van der Waals surface area contributed by atoms with Crippen molar-refractivity contribution in [2.75, 3.05) is 67.9 Å². The first-order chi connectivity index (χ1) is 15.7. The molecule has 0 saturated carbocycles. The predicted molar refractivity (Wildman–Crippen MR) is 149 cm³/mol. The normalized spacial score (nSPS) is 11.9. The average molecular weight is 674 g/mol. The van der Waals surface area contributed by atoms with Gasteiger partial charge in [-0.1, -0.05) is 28.7 Å². The SMILES string of the molecule is C.C.CCSC(N(C)C)N(C)C.CCSC(N(C)C)N(C)C.O.O=S(=O)(O)C(F)(F)F.O=S(=O)([O-])C(F)(F)F. The summed E-state index contributed by atoms with van der Waals surface area (Å²) in [6, 6.07) is 0. The molecule has 0 aliphatic carbocycles. The van der Waals surface area contributed by atoms with E-state index in [1.165, 1.54) is 11.5 Å². The van der Waals surface area contributed by atoms with Crippen LogP contribution in [0.1, 0.15) is 28.7 Å². The molecule has 0 atom stereocenters. The van der Waals surface area contributed by atoms with Crippen LogP contribution in [0.3, 0.4) is 0 Å². The second kappa shape index (κ2) is 24.5. The zero-order valence-corrected chi connectivity index (χ0v) is 25.5. The molecular formula is C18H47F6N4O7S4-. The van der Waals surface area contributed by atoms with Crippen LogP contribution >= 0.6 is 23.5 Å². The maximum absolute atomic E-state index is 10.7. The third kappa shape index (κ3) is 30.7. The predicted octanol–water partition coefficient (Wildman–Crippen LogP) is 3.19. The van der Waals surface area contributed by atoms with Crippen molar-refractivity contribution in [1.82, 2.24) is 19.6 Å². The molecule has 0 aliphatic heterocycles. The highest BCUT2D eigenvalue weighted by Gasteiger charge is 2.44. The third-order valence-corrected chi connectivity index (χ3v) is 7.08. The van der Waals surface area contributed by atoms with E-state index in [2.05, 4.69) is 89.8 Å². The Morgan fingerprint density at radius 3 is 0.846 bits per heavy atom. The summed E-state index contributed by atoms with van der Waals surface area (Å²) in [4.78, 5) is 8.87. The lowest BCUT2D eigenvalue weighted by atomic mass is 10.8. The number of thioether (sulfide) groups is 2. The van der Waals surface area contributed by atoms with Crippen molar-refractivity contribution in [3.05, 3.63) is 0 Å². The standard InChI is InChI=1S/2C7H18N2S.2CHF3O3S.2CH4.H2O/c2*1-6-10-7(8(2)3)9(4)5;2*2-1(3,4)8(5,6)7;;;/h2*7H,6H2,1-5H3;2*(H,5,6,7);2*1H4;1H2/p-1. The van der Waals surface area contributed by atoms with E-state index >= 15 is 0 Å². The van der Waals surface area contributed by atoms with Crippen molar-refractivity contribution in [2.45, 2.75) is 50.7 Å². The summed E-state index contributed by atoms with van der Waals surface area (Å²) in [5.41, 5.74) is -10.1. The third-order valence-electron chi connectivity index (χ3n) is 2.97. The van der Waals surface area contributed by atoms with Gasteiger partial charge >= 0.3 is 21.1 Å². The van der Waals surface area contributed by atoms with Gasteiger partial charge in [0.2, 0.25) is 0 Å². The van der Waals surface area contributed by atoms with E-state index in [0.717, 1.165) is 0 Å². The highest BCUT2D eigenvalue weighted by atomic mass is 32.2. The van der Waals surface area contributed by atoms with Gasteiger partial charge in [-0.3, -0.25) is 24.2 Å². The minimum absolute atomic E-state index is 0. The van der Waals surface area contributed by atoms with E-state index in [-0.39, 0.29) is 20.3 Å². The van der Waals surface area contributed by atoms with E-state index in [0.29, 0.717) is 11.0 Å². The Labute approximate surface area is 239 Å². The van der Waals surface area contributed by atoms with Crippen molar-refractivity contribution in [2.24, 2.45) is 0 Å².